The summed E-state index contributed by atoms with van der Waals surface area (Å²) in [4.78, 5) is 3.06. The van der Waals surface area contributed by atoms with Crippen molar-refractivity contribution in [3.8, 4) is 0 Å². The minimum atomic E-state index is 1.23. The van der Waals surface area contributed by atoms with Crippen LogP contribution >= 0.6 is 0 Å². The van der Waals surface area contributed by atoms with Gasteiger partial charge >= 0.3 is 0 Å². The maximum Gasteiger partial charge on any atom is 0.00340 e. The average Bonchev–Trinajstić information content (AvgIpc) is 2.02. The summed E-state index contributed by atoms with van der Waals surface area (Å²) in [7, 11) is 0. The fourth-order valence-corrected chi connectivity index (χ4v) is 0.947. The van der Waals surface area contributed by atoms with Crippen LogP contribution in [0.5, 0.6) is 0 Å². The highest BCUT2D eigenvalue weighted by atomic mass is 14.6. The van der Waals surface area contributed by atoms with E-state index in [1.165, 1.54) is 11.1 Å². The molecule has 1 heterocycles. The SMILES string of the molecule is Cc1cccc[nH]cc(C)c1. The Hall–Kier alpha value is -1.24. The zero-order valence-electron chi connectivity index (χ0n) is 6.96. The lowest BCUT2D eigenvalue weighted by atomic mass is 10.2. The molecule has 0 saturated carbocycles. The number of aromatic nitrogens is 1. The second kappa shape index (κ2) is 3.81. The van der Waals surface area contributed by atoms with E-state index in [4.69, 9.17) is 0 Å². The molecule has 0 fully saturated rings. The second-order valence-corrected chi connectivity index (χ2v) is 2.66. The number of H-pyrrole nitrogens is 1. The van der Waals surface area contributed by atoms with Gasteiger partial charge in [-0.2, -0.15) is 0 Å². The van der Waals surface area contributed by atoms with Crippen LogP contribution in [0.15, 0.2) is 36.7 Å². The minimum absolute atomic E-state index is 1.23. The largest absolute Gasteiger partial charge is 0.367 e. The Bertz CT molecular complexity index is 245. The van der Waals surface area contributed by atoms with Gasteiger partial charge in [0, 0.05) is 12.4 Å². The first-order valence-corrected chi connectivity index (χ1v) is 3.73. The summed E-state index contributed by atoms with van der Waals surface area (Å²) in [6.45, 7) is 4.16. The van der Waals surface area contributed by atoms with Crippen LogP contribution < -0.4 is 0 Å². The molecule has 1 N–H and O–H groups in total. The monoisotopic (exact) mass is 147 g/mol. The van der Waals surface area contributed by atoms with Crippen molar-refractivity contribution in [1.82, 2.24) is 4.98 Å². The molecule has 0 aromatic carbocycles. The summed E-state index contributed by atoms with van der Waals surface area (Å²) in [5.74, 6) is 0. The molecule has 0 atom stereocenters. The molecule has 0 aliphatic heterocycles. The van der Waals surface area contributed by atoms with E-state index in [0.717, 1.165) is 0 Å². The second-order valence-electron chi connectivity index (χ2n) is 2.66. The van der Waals surface area contributed by atoms with Crippen molar-refractivity contribution in [2.75, 3.05) is 0 Å². The number of aryl methyl sites for hydroxylation is 2. The van der Waals surface area contributed by atoms with Crippen LogP contribution in [0.3, 0.4) is 0 Å². The quantitative estimate of drug-likeness (QED) is 0.580. The van der Waals surface area contributed by atoms with Crippen LogP contribution in [0.25, 0.3) is 0 Å². The van der Waals surface area contributed by atoms with Crippen LogP contribution in [-0.4, -0.2) is 4.98 Å². The molecular formula is C10H13N. The Morgan fingerprint density at radius 1 is 1.09 bits per heavy atom. The summed E-state index contributed by atoms with van der Waals surface area (Å²) in [6.07, 6.45) is 3.89. The number of nitrogens with one attached hydrogen (secondary N) is 1. The van der Waals surface area contributed by atoms with E-state index in [9.17, 15) is 0 Å². The molecule has 0 aliphatic rings. The molecule has 0 radical (unpaired) electrons. The highest BCUT2D eigenvalue weighted by molar-refractivity contribution is 5.14. The molecule has 0 aliphatic carbocycles. The van der Waals surface area contributed by atoms with Gasteiger partial charge in [-0.1, -0.05) is 23.8 Å². The van der Waals surface area contributed by atoms with E-state index in [1.54, 1.807) is 0 Å². The third kappa shape index (κ3) is 2.89. The molecule has 0 bridgehead atoms. The predicted octanol–water partition coefficient (Wildman–Crippen LogP) is 2.76. The molecule has 1 heteroatoms. The number of hydrogen-bond acceptors (Lipinski definition) is 0. The third-order valence-electron chi connectivity index (χ3n) is 1.43. The lowest BCUT2D eigenvalue weighted by Gasteiger charge is -1.84. The summed E-state index contributed by atoms with van der Waals surface area (Å²) in [5, 5.41) is 0. The van der Waals surface area contributed by atoms with Crippen molar-refractivity contribution in [2.24, 2.45) is 0 Å². The van der Waals surface area contributed by atoms with Crippen LogP contribution in [0, 0.1) is 13.8 Å². The van der Waals surface area contributed by atoms with Crippen molar-refractivity contribution in [2.45, 2.75) is 13.8 Å². The molecular weight excluding hydrogens is 134 g/mol. The van der Waals surface area contributed by atoms with Crippen molar-refractivity contribution < 1.29 is 0 Å². The van der Waals surface area contributed by atoms with Crippen molar-refractivity contribution >= 4 is 0 Å². The Morgan fingerprint density at radius 2 is 1.91 bits per heavy atom. The zero-order chi connectivity index (χ0) is 8.10. The molecule has 11 heavy (non-hydrogen) atoms. The summed E-state index contributed by atoms with van der Waals surface area (Å²) in [6, 6.07) is 8.22. The molecule has 0 amide bonds. The minimum Gasteiger partial charge on any atom is -0.367 e. The number of rotatable bonds is 0. The third-order valence-corrected chi connectivity index (χ3v) is 1.43. The van der Waals surface area contributed by atoms with Gasteiger partial charge in [-0.3, -0.25) is 0 Å². The van der Waals surface area contributed by atoms with Crippen molar-refractivity contribution in [3.05, 3.63) is 47.8 Å². The molecule has 0 unspecified atom stereocenters. The standard InChI is InChI=1S/C10H13N/c1-9-5-3-4-6-11-8-10(2)7-9/h3-8,11H,1-2H3. The first-order chi connectivity index (χ1) is 5.29. The maximum absolute atomic E-state index is 3.06. The summed E-state index contributed by atoms with van der Waals surface area (Å²) < 4.78 is 0. The van der Waals surface area contributed by atoms with E-state index in [0.29, 0.717) is 0 Å². The topological polar surface area (TPSA) is 15.8 Å². The molecule has 58 valence electrons. The van der Waals surface area contributed by atoms with Gasteiger partial charge in [0.1, 0.15) is 0 Å². The summed E-state index contributed by atoms with van der Waals surface area (Å²) >= 11 is 0. The van der Waals surface area contributed by atoms with Crippen LogP contribution in [-0.2, 0) is 0 Å². The van der Waals surface area contributed by atoms with E-state index >= 15 is 0 Å². The molecule has 1 aromatic rings. The summed E-state index contributed by atoms with van der Waals surface area (Å²) in [5.41, 5.74) is 2.51. The van der Waals surface area contributed by atoms with E-state index in [2.05, 4.69) is 31.0 Å². The molecule has 0 saturated heterocycles. The van der Waals surface area contributed by atoms with E-state index in [-0.39, 0.29) is 0 Å². The maximum atomic E-state index is 3.06. The van der Waals surface area contributed by atoms with Crippen molar-refractivity contribution in [1.29, 1.82) is 0 Å². The Morgan fingerprint density at radius 3 is 2.73 bits per heavy atom. The molecule has 1 rings (SSSR count). The highest BCUT2D eigenvalue weighted by Crippen LogP contribution is 1.95. The normalized spacial score (nSPS) is 8.91. The molecule has 1 aromatic heterocycles. The van der Waals surface area contributed by atoms with Gasteiger partial charge in [0.15, 0.2) is 0 Å². The number of aromatic amines is 1. The van der Waals surface area contributed by atoms with Gasteiger partial charge in [0.2, 0.25) is 0 Å². The van der Waals surface area contributed by atoms with Gasteiger partial charge in [0.25, 0.3) is 0 Å². The zero-order valence-corrected chi connectivity index (χ0v) is 6.96. The Kier molecular flexibility index (Phi) is 2.73. The fraction of sp³-hybridized carbons (Fsp3) is 0.200. The predicted molar refractivity (Wildman–Crippen MR) is 47.9 cm³/mol. The van der Waals surface area contributed by atoms with Gasteiger partial charge < -0.3 is 4.98 Å². The van der Waals surface area contributed by atoms with E-state index < -0.39 is 0 Å². The Balaban J connectivity index is 3.25. The van der Waals surface area contributed by atoms with Crippen molar-refractivity contribution in [3.63, 3.8) is 0 Å². The first kappa shape index (κ1) is 7.86. The number of hydrogen-bond donors (Lipinski definition) is 1. The lowest BCUT2D eigenvalue weighted by molar-refractivity contribution is 1.30. The van der Waals surface area contributed by atoms with Crippen LogP contribution in [0.1, 0.15) is 11.1 Å². The van der Waals surface area contributed by atoms with Gasteiger partial charge in [-0.05, 0) is 25.5 Å². The highest BCUT2D eigenvalue weighted by Gasteiger charge is 1.77. The van der Waals surface area contributed by atoms with E-state index in [1.807, 2.05) is 24.5 Å². The van der Waals surface area contributed by atoms with Crippen LogP contribution in [0.4, 0.5) is 0 Å². The van der Waals surface area contributed by atoms with Crippen LogP contribution in [0.2, 0.25) is 0 Å². The first-order valence-electron chi connectivity index (χ1n) is 3.73. The molecule has 0 spiro atoms. The van der Waals surface area contributed by atoms with Gasteiger partial charge in [0.05, 0.1) is 0 Å². The Labute approximate surface area is 67.4 Å². The average molecular weight is 147 g/mol. The molecule has 1 nitrogen and oxygen atoms in total. The lowest BCUT2D eigenvalue weighted by Crippen LogP contribution is -1.68. The smallest absolute Gasteiger partial charge is 0.00340 e. The van der Waals surface area contributed by atoms with Gasteiger partial charge in [-0.25, -0.2) is 0 Å². The fourth-order valence-electron chi connectivity index (χ4n) is 0.947. The van der Waals surface area contributed by atoms with Gasteiger partial charge in [-0.15, -0.1) is 0 Å².